The molecule has 2 aromatic rings. The van der Waals surface area contributed by atoms with E-state index in [1.807, 2.05) is 36.9 Å². The lowest BCUT2D eigenvalue weighted by molar-refractivity contribution is -0.122. The second-order valence-corrected chi connectivity index (χ2v) is 8.38. The van der Waals surface area contributed by atoms with Gasteiger partial charge in [0.1, 0.15) is 9.88 Å². The molecular weight excluding hydrogens is 416 g/mol. The second-order valence-electron chi connectivity index (χ2n) is 7.38. The molecule has 1 aliphatic heterocycles. The highest BCUT2D eigenvalue weighted by atomic mass is 32.1. The quantitative estimate of drug-likeness (QED) is 0.703. The Labute approximate surface area is 187 Å². The van der Waals surface area contributed by atoms with Gasteiger partial charge in [0.2, 0.25) is 5.91 Å². The maximum Gasteiger partial charge on any atom is 0.265 e. The summed E-state index contributed by atoms with van der Waals surface area (Å²) in [6.07, 6.45) is 0.839. The molecule has 0 spiro atoms. The predicted octanol–water partition coefficient (Wildman–Crippen LogP) is 2.42. The Morgan fingerprint density at radius 3 is 2.61 bits per heavy atom. The maximum atomic E-state index is 13.2. The summed E-state index contributed by atoms with van der Waals surface area (Å²) in [5.41, 5.74) is 1.61. The minimum atomic E-state index is 0.00147. The van der Waals surface area contributed by atoms with Gasteiger partial charge in [0.25, 0.3) is 5.91 Å². The number of aromatic nitrogens is 1. The lowest BCUT2D eigenvalue weighted by atomic mass is 10.2. The van der Waals surface area contributed by atoms with Crippen molar-refractivity contribution in [2.75, 3.05) is 53.5 Å². The van der Waals surface area contributed by atoms with Gasteiger partial charge in [-0.15, -0.1) is 11.3 Å². The van der Waals surface area contributed by atoms with Crippen molar-refractivity contribution in [3.05, 3.63) is 28.8 Å². The second kappa shape index (κ2) is 10.6. The van der Waals surface area contributed by atoms with E-state index in [2.05, 4.69) is 15.2 Å². The average molecular weight is 447 g/mol. The van der Waals surface area contributed by atoms with E-state index in [0.29, 0.717) is 49.1 Å². The van der Waals surface area contributed by atoms with E-state index in [1.54, 1.807) is 14.2 Å². The lowest BCUT2D eigenvalue weighted by Crippen LogP contribution is -2.40. The van der Waals surface area contributed by atoms with Crippen LogP contribution in [0.15, 0.2) is 18.2 Å². The highest BCUT2D eigenvalue weighted by Crippen LogP contribution is 2.35. The molecule has 0 aliphatic carbocycles. The Morgan fingerprint density at radius 1 is 1.13 bits per heavy atom. The topological polar surface area (TPSA) is 84.0 Å². The van der Waals surface area contributed by atoms with Gasteiger partial charge >= 0.3 is 0 Å². The van der Waals surface area contributed by atoms with E-state index in [1.165, 1.54) is 11.3 Å². The fraction of sp³-hybridized carbons (Fsp3) is 0.500. The van der Waals surface area contributed by atoms with Crippen LogP contribution in [0.3, 0.4) is 0 Å². The van der Waals surface area contributed by atoms with Gasteiger partial charge < -0.3 is 19.7 Å². The minimum Gasteiger partial charge on any atom is -0.493 e. The maximum absolute atomic E-state index is 13.2. The van der Waals surface area contributed by atoms with Crippen LogP contribution in [0.4, 0.5) is 0 Å². The van der Waals surface area contributed by atoms with E-state index < -0.39 is 0 Å². The van der Waals surface area contributed by atoms with Gasteiger partial charge in [0.05, 0.1) is 26.5 Å². The summed E-state index contributed by atoms with van der Waals surface area (Å²) < 4.78 is 10.7. The fourth-order valence-electron chi connectivity index (χ4n) is 3.62. The third kappa shape index (κ3) is 5.54. The normalized spacial score (nSPS) is 14.8. The standard InChI is InChI=1S/C22H30N4O4S/c1-5-23-19(27)14-25-9-6-10-26(12-11-25)22(28)20-15(2)24-21(31-20)16-7-8-17(29-3)18(13-16)30-4/h7-8,13H,5-6,9-12,14H2,1-4H3,(H,23,27). The highest BCUT2D eigenvalue weighted by Gasteiger charge is 2.25. The summed E-state index contributed by atoms with van der Waals surface area (Å²) in [6, 6.07) is 5.63. The number of nitrogens with one attached hydrogen (secondary N) is 1. The lowest BCUT2D eigenvalue weighted by Gasteiger charge is -2.21. The Bertz CT molecular complexity index is 930. The molecule has 2 amide bonds. The van der Waals surface area contributed by atoms with Gasteiger partial charge in [-0.25, -0.2) is 4.98 Å². The van der Waals surface area contributed by atoms with Crippen molar-refractivity contribution in [3.63, 3.8) is 0 Å². The van der Waals surface area contributed by atoms with Crippen molar-refractivity contribution in [1.29, 1.82) is 0 Å². The summed E-state index contributed by atoms with van der Waals surface area (Å²) in [5, 5.41) is 3.60. The number of likely N-dealkylation sites (N-methyl/N-ethyl adjacent to an activating group) is 1. The van der Waals surface area contributed by atoms with Gasteiger partial charge in [-0.05, 0) is 38.5 Å². The van der Waals surface area contributed by atoms with Crippen LogP contribution in [0.5, 0.6) is 11.5 Å². The van der Waals surface area contributed by atoms with Gasteiger partial charge in [0.15, 0.2) is 11.5 Å². The van der Waals surface area contributed by atoms with Crippen LogP contribution >= 0.6 is 11.3 Å². The molecule has 1 saturated heterocycles. The van der Waals surface area contributed by atoms with Crippen LogP contribution in [-0.4, -0.2) is 80.1 Å². The number of ether oxygens (including phenoxy) is 2. The van der Waals surface area contributed by atoms with Crippen molar-refractivity contribution in [2.24, 2.45) is 0 Å². The van der Waals surface area contributed by atoms with Gasteiger partial charge in [-0.3, -0.25) is 14.5 Å². The number of nitrogens with zero attached hydrogens (tertiary/aromatic N) is 3. The number of hydrogen-bond donors (Lipinski definition) is 1. The van der Waals surface area contributed by atoms with Crippen LogP contribution in [-0.2, 0) is 4.79 Å². The van der Waals surface area contributed by atoms with Gasteiger partial charge in [0, 0.05) is 38.3 Å². The molecule has 1 fully saturated rings. The third-order valence-electron chi connectivity index (χ3n) is 5.24. The van der Waals surface area contributed by atoms with E-state index in [4.69, 9.17) is 9.47 Å². The number of hydrogen-bond acceptors (Lipinski definition) is 7. The number of carbonyl (C=O) groups excluding carboxylic acids is 2. The van der Waals surface area contributed by atoms with Crippen LogP contribution < -0.4 is 14.8 Å². The zero-order valence-electron chi connectivity index (χ0n) is 18.6. The number of benzene rings is 1. The molecule has 2 heterocycles. The molecule has 168 valence electrons. The molecule has 1 N–H and O–H groups in total. The zero-order valence-corrected chi connectivity index (χ0v) is 19.4. The van der Waals surface area contributed by atoms with Crippen molar-refractivity contribution in [1.82, 2.24) is 20.1 Å². The Morgan fingerprint density at radius 2 is 1.90 bits per heavy atom. The molecule has 1 aromatic carbocycles. The summed E-state index contributed by atoms with van der Waals surface area (Å²) in [4.78, 5) is 34.4. The van der Waals surface area contributed by atoms with Crippen molar-refractivity contribution in [3.8, 4) is 22.1 Å². The predicted molar refractivity (Wildman–Crippen MR) is 121 cm³/mol. The molecule has 1 aromatic heterocycles. The summed E-state index contributed by atoms with van der Waals surface area (Å²) >= 11 is 1.40. The number of methoxy groups -OCH3 is 2. The first-order valence-corrected chi connectivity index (χ1v) is 11.3. The number of rotatable bonds is 7. The SMILES string of the molecule is CCNC(=O)CN1CCCN(C(=O)c2sc(-c3ccc(OC)c(OC)c3)nc2C)CC1. The summed E-state index contributed by atoms with van der Waals surface area (Å²) in [7, 11) is 3.19. The monoisotopic (exact) mass is 446 g/mol. The van der Waals surface area contributed by atoms with Gasteiger partial charge in [-0.2, -0.15) is 0 Å². The molecule has 1 aliphatic rings. The molecule has 0 bridgehead atoms. The molecule has 9 heteroatoms. The van der Waals surface area contributed by atoms with E-state index >= 15 is 0 Å². The Kier molecular flexibility index (Phi) is 7.86. The van der Waals surface area contributed by atoms with E-state index in [-0.39, 0.29) is 11.8 Å². The first-order chi connectivity index (χ1) is 15.0. The molecule has 0 unspecified atom stereocenters. The summed E-state index contributed by atoms with van der Waals surface area (Å²) in [6.45, 7) is 7.54. The van der Waals surface area contributed by atoms with Crippen LogP contribution in [0.25, 0.3) is 10.6 Å². The third-order valence-corrected chi connectivity index (χ3v) is 6.43. The smallest absolute Gasteiger partial charge is 0.265 e. The Balaban J connectivity index is 1.72. The zero-order chi connectivity index (χ0) is 22.4. The average Bonchev–Trinajstić information content (AvgIpc) is 3.00. The van der Waals surface area contributed by atoms with Gasteiger partial charge in [-0.1, -0.05) is 0 Å². The minimum absolute atomic E-state index is 0.00147. The number of aryl methyl sites for hydroxylation is 1. The first kappa shape index (κ1) is 23.0. The van der Waals surface area contributed by atoms with Crippen LogP contribution in [0.2, 0.25) is 0 Å². The van der Waals surface area contributed by atoms with Crippen LogP contribution in [0, 0.1) is 6.92 Å². The summed E-state index contributed by atoms with van der Waals surface area (Å²) in [5.74, 6) is 1.31. The molecular formula is C22H30N4O4S. The van der Waals surface area contributed by atoms with Crippen molar-refractivity contribution >= 4 is 23.2 Å². The first-order valence-electron chi connectivity index (χ1n) is 10.4. The molecule has 0 atom stereocenters. The molecule has 3 rings (SSSR count). The molecule has 0 radical (unpaired) electrons. The number of amides is 2. The van der Waals surface area contributed by atoms with E-state index in [9.17, 15) is 9.59 Å². The highest BCUT2D eigenvalue weighted by molar-refractivity contribution is 7.17. The Hall–Kier alpha value is -2.65. The molecule has 8 nitrogen and oxygen atoms in total. The largest absolute Gasteiger partial charge is 0.493 e. The number of thiazole rings is 1. The van der Waals surface area contributed by atoms with E-state index in [0.717, 1.165) is 29.2 Å². The fourth-order valence-corrected chi connectivity index (χ4v) is 4.65. The molecule has 0 saturated carbocycles. The van der Waals surface area contributed by atoms with Crippen molar-refractivity contribution < 1.29 is 19.1 Å². The molecule has 31 heavy (non-hydrogen) atoms. The number of carbonyl (C=O) groups is 2. The van der Waals surface area contributed by atoms with Crippen LogP contribution in [0.1, 0.15) is 28.7 Å². The van der Waals surface area contributed by atoms with Crippen molar-refractivity contribution in [2.45, 2.75) is 20.3 Å².